The van der Waals surface area contributed by atoms with E-state index in [1.54, 1.807) is 11.8 Å². The highest BCUT2D eigenvalue weighted by atomic mass is 32.2. The van der Waals surface area contributed by atoms with E-state index in [9.17, 15) is 4.79 Å². The second-order valence-electron chi connectivity index (χ2n) is 4.10. The van der Waals surface area contributed by atoms with E-state index in [-0.39, 0.29) is 17.4 Å². The topological polar surface area (TPSA) is 38.3 Å². The molecule has 1 aliphatic rings. The van der Waals surface area contributed by atoms with Crippen molar-refractivity contribution in [3.05, 3.63) is 35.4 Å². The lowest BCUT2D eigenvalue weighted by molar-refractivity contribution is -0.144. The summed E-state index contributed by atoms with van der Waals surface area (Å²) in [6, 6.07) is 8.22. The van der Waals surface area contributed by atoms with Gasteiger partial charge in [0.05, 0.1) is 12.0 Å². The van der Waals surface area contributed by atoms with E-state index in [0.29, 0.717) is 6.61 Å². The first-order valence-electron chi connectivity index (χ1n) is 5.81. The molecule has 1 aromatic rings. The van der Waals surface area contributed by atoms with Crippen molar-refractivity contribution in [3.63, 3.8) is 0 Å². The van der Waals surface area contributed by atoms with Gasteiger partial charge in [0.2, 0.25) is 0 Å². The van der Waals surface area contributed by atoms with Crippen molar-refractivity contribution in [2.75, 3.05) is 12.4 Å². The van der Waals surface area contributed by atoms with Gasteiger partial charge in [-0.15, -0.1) is 11.8 Å². The Balaban J connectivity index is 1.98. The molecule has 1 N–H and O–H groups in total. The Labute approximate surface area is 106 Å². The van der Waals surface area contributed by atoms with Gasteiger partial charge < -0.3 is 4.74 Å². The molecule has 0 aliphatic carbocycles. The molecule has 0 aromatic heterocycles. The van der Waals surface area contributed by atoms with Crippen molar-refractivity contribution in [2.24, 2.45) is 0 Å². The van der Waals surface area contributed by atoms with Gasteiger partial charge >= 0.3 is 5.97 Å². The second kappa shape index (κ2) is 5.56. The van der Waals surface area contributed by atoms with Gasteiger partial charge in [0.15, 0.2) is 0 Å². The van der Waals surface area contributed by atoms with Crippen LogP contribution in [0.1, 0.15) is 23.4 Å². The van der Waals surface area contributed by atoms with Gasteiger partial charge in [0.1, 0.15) is 6.04 Å². The van der Waals surface area contributed by atoms with Gasteiger partial charge in [-0.2, -0.15) is 0 Å². The summed E-state index contributed by atoms with van der Waals surface area (Å²) in [5.74, 6) is 0.631. The summed E-state index contributed by atoms with van der Waals surface area (Å²) in [7, 11) is 0. The maximum atomic E-state index is 11.6. The fourth-order valence-electron chi connectivity index (χ4n) is 1.78. The van der Waals surface area contributed by atoms with Crippen LogP contribution < -0.4 is 5.32 Å². The highest BCUT2D eigenvalue weighted by molar-refractivity contribution is 7.99. The Morgan fingerprint density at radius 2 is 2.18 bits per heavy atom. The number of aryl methyl sites for hydroxylation is 1. The molecule has 1 aromatic carbocycles. The molecule has 4 heteroatoms. The van der Waals surface area contributed by atoms with Crippen LogP contribution in [0.15, 0.2) is 24.3 Å². The first kappa shape index (κ1) is 12.5. The predicted molar refractivity (Wildman–Crippen MR) is 69.9 cm³/mol. The predicted octanol–water partition coefficient (Wildman–Crippen LogP) is 2.26. The molecule has 17 heavy (non-hydrogen) atoms. The Morgan fingerprint density at radius 1 is 1.47 bits per heavy atom. The number of nitrogens with one attached hydrogen (secondary N) is 1. The number of hydrogen-bond donors (Lipinski definition) is 1. The van der Waals surface area contributed by atoms with Gasteiger partial charge in [0.25, 0.3) is 0 Å². The molecular weight excluding hydrogens is 234 g/mol. The molecule has 1 fully saturated rings. The monoisotopic (exact) mass is 251 g/mol. The van der Waals surface area contributed by atoms with Crippen LogP contribution in [0.4, 0.5) is 0 Å². The molecule has 0 bridgehead atoms. The lowest BCUT2D eigenvalue weighted by Crippen LogP contribution is -2.35. The van der Waals surface area contributed by atoms with Crippen molar-refractivity contribution in [3.8, 4) is 0 Å². The maximum Gasteiger partial charge on any atom is 0.324 e. The van der Waals surface area contributed by atoms with Crippen molar-refractivity contribution in [1.29, 1.82) is 0 Å². The molecule has 1 saturated heterocycles. The zero-order valence-electron chi connectivity index (χ0n) is 10.1. The average molecular weight is 251 g/mol. The molecule has 92 valence electrons. The summed E-state index contributed by atoms with van der Waals surface area (Å²) < 4.78 is 5.01. The van der Waals surface area contributed by atoms with Gasteiger partial charge in [-0.3, -0.25) is 10.1 Å². The van der Waals surface area contributed by atoms with E-state index in [0.717, 1.165) is 5.75 Å². The molecule has 3 nitrogen and oxygen atoms in total. The molecule has 2 atom stereocenters. The van der Waals surface area contributed by atoms with Crippen LogP contribution in [0.25, 0.3) is 0 Å². The first-order valence-corrected chi connectivity index (χ1v) is 6.86. The minimum Gasteiger partial charge on any atom is -0.465 e. The first-order chi connectivity index (χ1) is 8.20. The minimum absolute atomic E-state index is 0.144. The fourth-order valence-corrected chi connectivity index (χ4v) is 3.01. The number of esters is 1. The number of carbonyl (C=O) groups is 1. The van der Waals surface area contributed by atoms with Crippen molar-refractivity contribution in [2.45, 2.75) is 25.3 Å². The van der Waals surface area contributed by atoms with Crippen LogP contribution in [0.3, 0.4) is 0 Å². The number of thioether (sulfide) groups is 1. The number of benzene rings is 1. The normalized spacial score (nSPS) is 23.6. The van der Waals surface area contributed by atoms with Crippen molar-refractivity contribution >= 4 is 17.7 Å². The van der Waals surface area contributed by atoms with Gasteiger partial charge in [-0.1, -0.05) is 29.8 Å². The summed E-state index contributed by atoms with van der Waals surface area (Å²) in [6.45, 7) is 4.34. The van der Waals surface area contributed by atoms with E-state index in [1.165, 1.54) is 11.1 Å². The smallest absolute Gasteiger partial charge is 0.324 e. The van der Waals surface area contributed by atoms with E-state index in [4.69, 9.17) is 4.74 Å². The molecule has 0 radical (unpaired) electrons. The standard InChI is InChI=1S/C13H17NO2S/c1-3-16-13(15)11-8-17-12(14-11)10-6-4-9(2)5-7-10/h4-7,11-12,14H,3,8H2,1-2H3/t11-,12+/m1/s1. The van der Waals surface area contributed by atoms with Gasteiger partial charge in [-0.05, 0) is 19.4 Å². The third kappa shape index (κ3) is 3.01. The quantitative estimate of drug-likeness (QED) is 0.836. The lowest BCUT2D eigenvalue weighted by Gasteiger charge is -2.12. The minimum atomic E-state index is -0.175. The largest absolute Gasteiger partial charge is 0.465 e. The maximum absolute atomic E-state index is 11.6. The van der Waals surface area contributed by atoms with E-state index in [2.05, 4.69) is 36.5 Å². The Hall–Kier alpha value is -1.00. The number of rotatable bonds is 3. The molecule has 0 unspecified atom stereocenters. The molecular formula is C13H17NO2S. The summed E-state index contributed by atoms with van der Waals surface area (Å²) in [6.07, 6.45) is 0. The summed E-state index contributed by atoms with van der Waals surface area (Å²) in [5.41, 5.74) is 2.46. The van der Waals surface area contributed by atoms with Crippen LogP contribution >= 0.6 is 11.8 Å². The Morgan fingerprint density at radius 3 is 2.82 bits per heavy atom. The van der Waals surface area contributed by atoms with Crippen molar-refractivity contribution in [1.82, 2.24) is 5.32 Å². The lowest BCUT2D eigenvalue weighted by atomic mass is 10.1. The highest BCUT2D eigenvalue weighted by Gasteiger charge is 2.31. The van der Waals surface area contributed by atoms with Crippen LogP contribution in [0.2, 0.25) is 0 Å². The molecule has 2 rings (SSSR count). The summed E-state index contributed by atoms with van der Waals surface area (Å²) in [4.78, 5) is 11.6. The molecule has 0 amide bonds. The Kier molecular flexibility index (Phi) is 4.07. The number of hydrogen-bond acceptors (Lipinski definition) is 4. The molecule has 0 spiro atoms. The molecule has 0 saturated carbocycles. The second-order valence-corrected chi connectivity index (χ2v) is 5.23. The number of ether oxygens (including phenoxy) is 1. The zero-order valence-corrected chi connectivity index (χ0v) is 10.9. The van der Waals surface area contributed by atoms with Crippen LogP contribution in [-0.2, 0) is 9.53 Å². The molecule has 1 aliphatic heterocycles. The zero-order chi connectivity index (χ0) is 12.3. The third-order valence-corrected chi connectivity index (χ3v) is 4.00. The van der Waals surface area contributed by atoms with Gasteiger partial charge in [-0.25, -0.2) is 0 Å². The third-order valence-electron chi connectivity index (χ3n) is 2.73. The summed E-state index contributed by atoms with van der Waals surface area (Å²) >= 11 is 1.75. The number of carbonyl (C=O) groups excluding carboxylic acids is 1. The van der Waals surface area contributed by atoms with Crippen molar-refractivity contribution < 1.29 is 9.53 Å². The Bertz CT molecular complexity index is 391. The average Bonchev–Trinajstić information content (AvgIpc) is 2.80. The van der Waals surface area contributed by atoms with Crippen LogP contribution in [-0.4, -0.2) is 24.4 Å². The van der Waals surface area contributed by atoms with E-state index in [1.807, 2.05) is 6.92 Å². The van der Waals surface area contributed by atoms with Crippen LogP contribution in [0, 0.1) is 6.92 Å². The van der Waals surface area contributed by atoms with E-state index < -0.39 is 0 Å². The van der Waals surface area contributed by atoms with E-state index >= 15 is 0 Å². The fraction of sp³-hybridized carbons (Fsp3) is 0.462. The summed E-state index contributed by atoms with van der Waals surface area (Å²) in [5, 5.41) is 3.50. The SMILES string of the molecule is CCOC(=O)[C@H]1CS[C@@H](c2ccc(C)cc2)N1. The van der Waals surface area contributed by atoms with Crippen LogP contribution in [0.5, 0.6) is 0 Å². The molecule has 1 heterocycles. The van der Waals surface area contributed by atoms with Gasteiger partial charge in [0, 0.05) is 5.75 Å². The highest BCUT2D eigenvalue weighted by Crippen LogP contribution is 2.33.